The molecule has 4 rings (SSSR count). The van der Waals surface area contributed by atoms with Gasteiger partial charge in [-0.1, -0.05) is 42.2 Å². The van der Waals surface area contributed by atoms with Gasteiger partial charge in [0.25, 0.3) is 11.8 Å². The molecule has 1 fully saturated rings. The number of ether oxygens (including phenoxy) is 1. The molecule has 30 heavy (non-hydrogen) atoms. The Bertz CT molecular complexity index is 1130. The monoisotopic (exact) mass is 440 g/mol. The maximum Gasteiger partial charge on any atom is 0.326 e. The van der Waals surface area contributed by atoms with E-state index in [1.807, 2.05) is 0 Å². The highest BCUT2D eigenvalue weighted by atomic mass is 32.2. The highest BCUT2D eigenvalue weighted by Gasteiger charge is 2.44. The summed E-state index contributed by atoms with van der Waals surface area (Å²) in [5.41, 5.74) is 1.71. The first-order valence-corrected chi connectivity index (χ1v) is 10.2. The molecule has 0 spiro atoms. The Kier molecular flexibility index (Phi) is 5.08. The number of anilines is 2. The van der Waals surface area contributed by atoms with Crippen molar-refractivity contribution >= 4 is 63.0 Å². The Labute approximate surface area is 181 Å². The van der Waals surface area contributed by atoms with Gasteiger partial charge in [0.15, 0.2) is 4.32 Å². The lowest BCUT2D eigenvalue weighted by Gasteiger charge is -2.21. The number of nitrogens with zero attached hydrogens (tertiary/aromatic N) is 2. The minimum absolute atomic E-state index is 0.173. The summed E-state index contributed by atoms with van der Waals surface area (Å²) >= 11 is 6.45. The summed E-state index contributed by atoms with van der Waals surface area (Å²) in [4.78, 5) is 40.8. The third kappa shape index (κ3) is 3.06. The molecule has 0 saturated carbocycles. The molecule has 2 heterocycles. The number of benzene rings is 2. The standard InChI is InChI=1S/C21H16N2O5S2/c1-11(20(26)27)22-15-6-4-3-5-14(15)16(18(22)24)17-19(25)23(21(29)30-17)12-7-9-13(28-2)10-8-12/h3-11H,1-2H3,(H,26,27)/b17-16+/t11-/m1/s1. The number of thiocarbonyl (C=S) groups is 1. The highest BCUT2D eigenvalue weighted by Crippen LogP contribution is 2.46. The van der Waals surface area contributed by atoms with Gasteiger partial charge in [0.1, 0.15) is 11.8 Å². The summed E-state index contributed by atoms with van der Waals surface area (Å²) in [6.07, 6.45) is 0. The summed E-state index contributed by atoms with van der Waals surface area (Å²) in [5.74, 6) is -1.44. The quantitative estimate of drug-likeness (QED) is 0.577. The molecule has 0 unspecified atom stereocenters. The normalized spacial score (nSPS) is 19.3. The molecule has 2 aliphatic heterocycles. The lowest BCUT2D eigenvalue weighted by atomic mass is 10.1. The fourth-order valence-corrected chi connectivity index (χ4v) is 4.80. The lowest BCUT2D eigenvalue weighted by molar-refractivity contribution is -0.139. The molecule has 2 amide bonds. The summed E-state index contributed by atoms with van der Waals surface area (Å²) in [7, 11) is 1.55. The van der Waals surface area contributed by atoms with E-state index in [0.29, 0.717) is 27.0 Å². The van der Waals surface area contributed by atoms with Gasteiger partial charge in [-0.2, -0.15) is 0 Å². The molecule has 1 atom stereocenters. The number of para-hydroxylation sites is 1. The zero-order valence-electron chi connectivity index (χ0n) is 16.0. The highest BCUT2D eigenvalue weighted by molar-refractivity contribution is 8.27. The largest absolute Gasteiger partial charge is 0.497 e. The zero-order valence-corrected chi connectivity index (χ0v) is 17.6. The van der Waals surface area contributed by atoms with Crippen LogP contribution in [0.4, 0.5) is 11.4 Å². The van der Waals surface area contributed by atoms with Crippen molar-refractivity contribution in [2.75, 3.05) is 16.9 Å². The SMILES string of the molecule is COc1ccc(N2C(=O)/C(=C3\C(=O)N([C@H](C)C(=O)O)c4ccccc43)SC2=S)cc1. The van der Waals surface area contributed by atoms with Crippen molar-refractivity contribution in [1.29, 1.82) is 0 Å². The second-order valence-electron chi connectivity index (χ2n) is 6.62. The molecule has 9 heteroatoms. The number of thioether (sulfide) groups is 1. The van der Waals surface area contributed by atoms with Gasteiger partial charge in [0.2, 0.25) is 0 Å². The van der Waals surface area contributed by atoms with Crippen molar-refractivity contribution in [3.05, 3.63) is 59.0 Å². The van der Waals surface area contributed by atoms with Crippen molar-refractivity contribution in [2.45, 2.75) is 13.0 Å². The Morgan fingerprint density at radius 3 is 2.40 bits per heavy atom. The average Bonchev–Trinajstić information content (AvgIpc) is 3.19. The van der Waals surface area contributed by atoms with Crippen LogP contribution in [0.2, 0.25) is 0 Å². The van der Waals surface area contributed by atoms with Crippen LogP contribution in [0.3, 0.4) is 0 Å². The molecule has 1 saturated heterocycles. The van der Waals surface area contributed by atoms with Crippen LogP contribution >= 0.6 is 24.0 Å². The van der Waals surface area contributed by atoms with Crippen LogP contribution in [0, 0.1) is 0 Å². The summed E-state index contributed by atoms with van der Waals surface area (Å²) in [6, 6.07) is 12.6. The lowest BCUT2D eigenvalue weighted by Crippen LogP contribution is -2.41. The van der Waals surface area contributed by atoms with Crippen LogP contribution in [0.5, 0.6) is 5.75 Å². The van der Waals surface area contributed by atoms with Crippen molar-refractivity contribution in [3.8, 4) is 5.75 Å². The molecule has 1 N–H and O–H groups in total. The fourth-order valence-electron chi connectivity index (χ4n) is 3.43. The number of carbonyl (C=O) groups is 3. The van der Waals surface area contributed by atoms with Crippen molar-refractivity contribution in [1.82, 2.24) is 0 Å². The number of hydrogen-bond acceptors (Lipinski definition) is 6. The number of carbonyl (C=O) groups excluding carboxylic acids is 2. The Morgan fingerprint density at radius 2 is 1.77 bits per heavy atom. The molecule has 2 aromatic carbocycles. The third-order valence-corrected chi connectivity index (χ3v) is 6.31. The molecule has 0 aromatic heterocycles. The molecule has 7 nitrogen and oxygen atoms in total. The Morgan fingerprint density at radius 1 is 1.10 bits per heavy atom. The summed E-state index contributed by atoms with van der Waals surface area (Å²) in [6.45, 7) is 1.43. The average molecular weight is 441 g/mol. The number of hydrogen-bond donors (Lipinski definition) is 1. The van der Waals surface area contributed by atoms with E-state index in [0.717, 1.165) is 11.8 Å². The molecular formula is C21H16N2O5S2. The van der Waals surface area contributed by atoms with Crippen molar-refractivity contribution < 1.29 is 24.2 Å². The van der Waals surface area contributed by atoms with Crippen LogP contribution < -0.4 is 14.5 Å². The van der Waals surface area contributed by atoms with Crippen LogP contribution in [-0.2, 0) is 14.4 Å². The van der Waals surface area contributed by atoms with E-state index in [-0.39, 0.29) is 10.5 Å². The molecular weight excluding hydrogens is 424 g/mol. The molecule has 0 radical (unpaired) electrons. The topological polar surface area (TPSA) is 87.2 Å². The first kappa shape index (κ1) is 20.1. The Balaban J connectivity index is 1.81. The number of fused-ring (bicyclic) bond motifs is 1. The zero-order chi connectivity index (χ0) is 21.6. The number of amides is 2. The first-order chi connectivity index (χ1) is 14.3. The number of carboxylic acids is 1. The predicted molar refractivity (Wildman–Crippen MR) is 119 cm³/mol. The van der Waals surface area contributed by atoms with E-state index in [1.165, 1.54) is 16.7 Å². The van der Waals surface area contributed by atoms with Gasteiger partial charge in [0, 0.05) is 5.56 Å². The third-order valence-electron chi connectivity index (χ3n) is 4.94. The van der Waals surface area contributed by atoms with Gasteiger partial charge in [0.05, 0.1) is 29.0 Å². The smallest absolute Gasteiger partial charge is 0.326 e. The van der Waals surface area contributed by atoms with Crippen LogP contribution in [0.15, 0.2) is 53.4 Å². The van der Waals surface area contributed by atoms with Crippen molar-refractivity contribution in [2.24, 2.45) is 0 Å². The van der Waals surface area contributed by atoms with Crippen LogP contribution in [0.1, 0.15) is 12.5 Å². The second-order valence-corrected chi connectivity index (χ2v) is 8.26. The number of aliphatic carboxylic acids is 1. The molecule has 2 aliphatic rings. The fraction of sp³-hybridized carbons (Fsp3) is 0.143. The summed E-state index contributed by atoms with van der Waals surface area (Å²) < 4.78 is 5.44. The van der Waals surface area contributed by atoms with E-state index in [2.05, 4.69) is 0 Å². The van der Waals surface area contributed by atoms with Gasteiger partial charge < -0.3 is 9.84 Å². The molecule has 0 bridgehead atoms. The van der Waals surface area contributed by atoms with E-state index in [9.17, 15) is 19.5 Å². The maximum atomic E-state index is 13.3. The van der Waals surface area contributed by atoms with Gasteiger partial charge in [-0.05, 0) is 37.3 Å². The first-order valence-electron chi connectivity index (χ1n) is 8.95. The van der Waals surface area contributed by atoms with Crippen LogP contribution in [-0.4, -0.2) is 40.4 Å². The van der Waals surface area contributed by atoms with Gasteiger partial charge >= 0.3 is 5.97 Å². The Hall–Kier alpha value is -3.17. The van der Waals surface area contributed by atoms with Gasteiger partial charge in [-0.25, -0.2) is 4.79 Å². The van der Waals surface area contributed by atoms with E-state index in [4.69, 9.17) is 17.0 Å². The number of carboxylic acid groups (broad SMARTS) is 1. The second kappa shape index (κ2) is 7.58. The molecule has 152 valence electrons. The maximum absolute atomic E-state index is 13.3. The molecule has 0 aliphatic carbocycles. The predicted octanol–water partition coefficient (Wildman–Crippen LogP) is 3.29. The minimum atomic E-state index is -1.13. The number of rotatable bonds is 4. The van der Waals surface area contributed by atoms with E-state index >= 15 is 0 Å². The number of methoxy groups -OCH3 is 1. The van der Waals surface area contributed by atoms with Crippen LogP contribution in [0.25, 0.3) is 5.57 Å². The summed E-state index contributed by atoms with van der Waals surface area (Å²) in [5, 5.41) is 9.44. The van der Waals surface area contributed by atoms with Gasteiger partial charge in [-0.3, -0.25) is 19.4 Å². The molecule has 2 aromatic rings. The van der Waals surface area contributed by atoms with E-state index < -0.39 is 23.8 Å². The van der Waals surface area contributed by atoms with Gasteiger partial charge in [-0.15, -0.1) is 0 Å². The minimum Gasteiger partial charge on any atom is -0.497 e. The van der Waals surface area contributed by atoms with E-state index in [1.54, 1.807) is 55.6 Å². The van der Waals surface area contributed by atoms with Crippen molar-refractivity contribution in [3.63, 3.8) is 0 Å².